The van der Waals surface area contributed by atoms with Crippen LogP contribution in [-0.4, -0.2) is 12.2 Å². The lowest BCUT2D eigenvalue weighted by molar-refractivity contribution is 0.281. The molecule has 0 aromatic heterocycles. The van der Waals surface area contributed by atoms with E-state index in [2.05, 4.69) is 0 Å². The van der Waals surface area contributed by atoms with E-state index in [1.54, 1.807) is 30.1 Å². The van der Waals surface area contributed by atoms with Gasteiger partial charge in [0.1, 0.15) is 5.82 Å². The van der Waals surface area contributed by atoms with Crippen molar-refractivity contribution in [1.29, 1.82) is 0 Å². The smallest absolute Gasteiger partial charge is 0.146 e. The second kappa shape index (κ2) is 6.04. The molecule has 0 saturated heterocycles. The van der Waals surface area contributed by atoms with E-state index in [4.69, 9.17) is 11.6 Å². The molecule has 2 rings (SSSR count). The van der Waals surface area contributed by atoms with Crippen LogP contribution in [0, 0.1) is 5.82 Å². The third-order valence-electron chi connectivity index (χ3n) is 2.93. The largest absolute Gasteiger partial charge is 0.392 e. The summed E-state index contributed by atoms with van der Waals surface area (Å²) in [6, 6.07) is 12.1. The minimum absolute atomic E-state index is 0.188. The van der Waals surface area contributed by atoms with Crippen molar-refractivity contribution in [3.05, 3.63) is 64.4 Å². The number of para-hydroxylation sites is 1. The van der Waals surface area contributed by atoms with Crippen LogP contribution in [0.25, 0.3) is 0 Å². The zero-order valence-corrected chi connectivity index (χ0v) is 11.4. The minimum Gasteiger partial charge on any atom is -0.392 e. The molecule has 1 N–H and O–H groups in total. The van der Waals surface area contributed by atoms with Crippen LogP contribution in [0.4, 0.5) is 10.1 Å². The number of benzene rings is 2. The maximum Gasteiger partial charge on any atom is 0.146 e. The zero-order valence-electron chi connectivity index (χ0n) is 10.6. The number of nitrogens with zero attached hydrogens (tertiary/aromatic N) is 1. The summed E-state index contributed by atoms with van der Waals surface area (Å²) < 4.78 is 13.9. The zero-order chi connectivity index (χ0) is 13.8. The Morgan fingerprint density at radius 2 is 1.95 bits per heavy atom. The van der Waals surface area contributed by atoms with Crippen LogP contribution in [-0.2, 0) is 13.2 Å². The first kappa shape index (κ1) is 13.8. The molecular weight excluding hydrogens is 265 g/mol. The van der Waals surface area contributed by atoms with Gasteiger partial charge in [-0.05, 0) is 23.8 Å². The molecule has 2 aromatic rings. The molecule has 0 heterocycles. The van der Waals surface area contributed by atoms with Crippen molar-refractivity contribution in [2.75, 3.05) is 11.9 Å². The average molecular weight is 280 g/mol. The summed E-state index contributed by atoms with van der Waals surface area (Å²) >= 11 is 5.93. The van der Waals surface area contributed by atoms with Crippen LogP contribution in [0.2, 0.25) is 5.02 Å². The van der Waals surface area contributed by atoms with Gasteiger partial charge in [-0.1, -0.05) is 35.9 Å². The summed E-state index contributed by atoms with van der Waals surface area (Å²) in [5.41, 5.74) is 1.98. The average Bonchev–Trinajstić information content (AvgIpc) is 2.38. The molecule has 0 unspecified atom stereocenters. The first-order valence-corrected chi connectivity index (χ1v) is 6.33. The molecule has 0 radical (unpaired) electrons. The SMILES string of the molecule is CN(Cc1cccc(Cl)c1)c1c(F)cccc1CO. The van der Waals surface area contributed by atoms with E-state index in [0.717, 1.165) is 5.56 Å². The summed E-state index contributed by atoms with van der Waals surface area (Å²) in [5, 5.41) is 9.94. The molecule has 0 fully saturated rings. The summed E-state index contributed by atoms with van der Waals surface area (Å²) in [5.74, 6) is -0.337. The highest BCUT2D eigenvalue weighted by atomic mass is 35.5. The molecule has 100 valence electrons. The van der Waals surface area contributed by atoms with E-state index in [9.17, 15) is 9.50 Å². The molecule has 4 heteroatoms. The predicted molar refractivity (Wildman–Crippen MR) is 75.9 cm³/mol. The standard InChI is InChI=1S/C15H15ClFNO/c1-18(9-11-4-2-6-13(16)8-11)15-12(10-19)5-3-7-14(15)17/h2-8,19H,9-10H2,1H3. The van der Waals surface area contributed by atoms with Crippen molar-refractivity contribution < 1.29 is 9.50 Å². The highest BCUT2D eigenvalue weighted by Crippen LogP contribution is 2.25. The van der Waals surface area contributed by atoms with Gasteiger partial charge in [-0.2, -0.15) is 0 Å². The fourth-order valence-electron chi connectivity index (χ4n) is 2.10. The van der Waals surface area contributed by atoms with Gasteiger partial charge in [0, 0.05) is 24.2 Å². The Morgan fingerprint density at radius 3 is 2.63 bits per heavy atom. The van der Waals surface area contributed by atoms with Gasteiger partial charge in [-0.3, -0.25) is 0 Å². The van der Waals surface area contributed by atoms with E-state index in [1.165, 1.54) is 6.07 Å². The fraction of sp³-hybridized carbons (Fsp3) is 0.200. The van der Waals surface area contributed by atoms with E-state index >= 15 is 0 Å². The maximum atomic E-state index is 13.9. The number of rotatable bonds is 4. The van der Waals surface area contributed by atoms with Crippen molar-refractivity contribution in [3.8, 4) is 0 Å². The topological polar surface area (TPSA) is 23.5 Å². The van der Waals surface area contributed by atoms with Gasteiger partial charge in [0.05, 0.1) is 12.3 Å². The van der Waals surface area contributed by atoms with Crippen LogP contribution in [0.5, 0.6) is 0 Å². The van der Waals surface area contributed by atoms with Gasteiger partial charge in [-0.25, -0.2) is 4.39 Å². The molecule has 0 atom stereocenters. The minimum atomic E-state index is -0.337. The third-order valence-corrected chi connectivity index (χ3v) is 3.17. The summed E-state index contributed by atoms with van der Waals surface area (Å²) in [4.78, 5) is 1.77. The quantitative estimate of drug-likeness (QED) is 0.924. The van der Waals surface area contributed by atoms with E-state index in [0.29, 0.717) is 22.8 Å². The van der Waals surface area contributed by atoms with Crippen molar-refractivity contribution >= 4 is 17.3 Å². The van der Waals surface area contributed by atoms with Gasteiger partial charge in [-0.15, -0.1) is 0 Å². The first-order chi connectivity index (χ1) is 9.11. The molecule has 0 bridgehead atoms. The normalized spacial score (nSPS) is 10.5. The Morgan fingerprint density at radius 1 is 1.21 bits per heavy atom. The van der Waals surface area contributed by atoms with Crippen molar-refractivity contribution in [3.63, 3.8) is 0 Å². The number of hydrogen-bond acceptors (Lipinski definition) is 2. The first-order valence-electron chi connectivity index (χ1n) is 5.95. The Bertz CT molecular complexity index is 574. The van der Waals surface area contributed by atoms with Crippen LogP contribution in [0.1, 0.15) is 11.1 Å². The van der Waals surface area contributed by atoms with E-state index in [-0.39, 0.29) is 12.4 Å². The molecule has 19 heavy (non-hydrogen) atoms. The molecule has 0 aliphatic rings. The Kier molecular flexibility index (Phi) is 4.40. The van der Waals surface area contributed by atoms with Gasteiger partial charge < -0.3 is 10.0 Å². The van der Waals surface area contributed by atoms with Gasteiger partial charge in [0.25, 0.3) is 0 Å². The number of aliphatic hydroxyl groups is 1. The maximum absolute atomic E-state index is 13.9. The molecular formula is C15H15ClFNO. The second-order valence-electron chi connectivity index (χ2n) is 4.39. The molecule has 0 aliphatic carbocycles. The molecule has 0 saturated carbocycles. The number of halogens is 2. The van der Waals surface area contributed by atoms with E-state index < -0.39 is 0 Å². The lowest BCUT2D eigenvalue weighted by Gasteiger charge is -2.22. The molecule has 2 aromatic carbocycles. The second-order valence-corrected chi connectivity index (χ2v) is 4.83. The predicted octanol–water partition coefficient (Wildman–Crippen LogP) is 3.61. The Labute approximate surface area is 117 Å². The third kappa shape index (κ3) is 3.25. The van der Waals surface area contributed by atoms with E-state index in [1.807, 2.05) is 18.2 Å². The summed E-state index contributed by atoms with van der Waals surface area (Å²) in [7, 11) is 1.79. The summed E-state index contributed by atoms with van der Waals surface area (Å²) in [6.45, 7) is 0.335. The Balaban J connectivity index is 2.27. The van der Waals surface area contributed by atoms with Crippen molar-refractivity contribution in [2.24, 2.45) is 0 Å². The van der Waals surface area contributed by atoms with Crippen LogP contribution < -0.4 is 4.90 Å². The lowest BCUT2D eigenvalue weighted by atomic mass is 10.1. The fourth-order valence-corrected chi connectivity index (χ4v) is 2.32. The van der Waals surface area contributed by atoms with Gasteiger partial charge >= 0.3 is 0 Å². The van der Waals surface area contributed by atoms with Crippen LogP contribution in [0.3, 0.4) is 0 Å². The molecule has 0 amide bonds. The van der Waals surface area contributed by atoms with Gasteiger partial charge in [0.2, 0.25) is 0 Å². The van der Waals surface area contributed by atoms with Crippen molar-refractivity contribution in [2.45, 2.75) is 13.2 Å². The summed E-state index contributed by atoms with van der Waals surface area (Å²) in [6.07, 6.45) is 0. The van der Waals surface area contributed by atoms with Crippen LogP contribution in [0.15, 0.2) is 42.5 Å². The highest BCUT2D eigenvalue weighted by molar-refractivity contribution is 6.30. The number of hydrogen-bond donors (Lipinski definition) is 1. The number of aliphatic hydroxyl groups excluding tert-OH is 1. The number of anilines is 1. The monoisotopic (exact) mass is 279 g/mol. The van der Waals surface area contributed by atoms with Crippen molar-refractivity contribution in [1.82, 2.24) is 0 Å². The molecule has 2 nitrogen and oxygen atoms in total. The van der Waals surface area contributed by atoms with Gasteiger partial charge in [0.15, 0.2) is 0 Å². The lowest BCUT2D eigenvalue weighted by Crippen LogP contribution is -2.19. The molecule has 0 spiro atoms. The highest BCUT2D eigenvalue weighted by Gasteiger charge is 2.12. The Hall–Kier alpha value is -1.58. The molecule has 0 aliphatic heterocycles. The van der Waals surface area contributed by atoms with Crippen LogP contribution >= 0.6 is 11.6 Å².